The molecule has 0 spiro atoms. The number of nitrogens with zero attached hydrogens (tertiary/aromatic N) is 5. The highest BCUT2D eigenvalue weighted by Gasteiger charge is 2.45. The molecule has 5 atom stereocenters. The second-order valence-corrected chi connectivity index (χ2v) is 7.75. The zero-order valence-corrected chi connectivity index (χ0v) is 15.0. The van der Waals surface area contributed by atoms with Gasteiger partial charge in [0.25, 0.3) is 5.56 Å². The Morgan fingerprint density at radius 2 is 2.14 bits per heavy atom. The molecule has 1 saturated heterocycles. The molecule has 150 valence electrons. The number of hydrogen-bond donors (Lipinski definition) is 5. The van der Waals surface area contributed by atoms with Crippen LogP contribution in [-0.4, -0.2) is 68.9 Å². The summed E-state index contributed by atoms with van der Waals surface area (Å²) >= 11 is 0. The average Bonchev–Trinajstić information content (AvgIpc) is 3.35. The topological polar surface area (TPSA) is 204 Å². The molecule has 28 heavy (non-hydrogen) atoms. The molecule has 15 heteroatoms. The smallest absolute Gasteiger partial charge is 0.387 e. The van der Waals surface area contributed by atoms with Crippen molar-refractivity contribution in [2.75, 3.05) is 12.3 Å². The standard InChI is InChI=1S/C13H16N7O7P/c14-13-17-10-7(11(23)18-13)16-5-20(10)12-9(22)8(21)6(27-12)3-26-28(24,25)19-2-1-15-4-19/h1-2,4-6,8-9,12,21-22H,3H2,(H,24,25)(H3,14,17,18,23)/t6-,8?,9+,12-/m1/s1. The van der Waals surface area contributed by atoms with Crippen LogP contribution in [0.1, 0.15) is 6.23 Å². The Morgan fingerprint density at radius 3 is 2.86 bits per heavy atom. The van der Waals surface area contributed by atoms with Crippen molar-refractivity contribution in [3.8, 4) is 0 Å². The highest BCUT2D eigenvalue weighted by Crippen LogP contribution is 2.44. The molecule has 0 radical (unpaired) electrons. The number of hydrogen-bond acceptors (Lipinski definition) is 10. The molecule has 4 heterocycles. The fourth-order valence-electron chi connectivity index (χ4n) is 2.86. The summed E-state index contributed by atoms with van der Waals surface area (Å²) < 4.78 is 24.8. The number of nitrogen functional groups attached to an aromatic ring is 1. The van der Waals surface area contributed by atoms with Crippen LogP contribution >= 0.6 is 7.75 Å². The maximum absolute atomic E-state index is 12.2. The molecule has 3 aromatic heterocycles. The molecule has 1 aliphatic heterocycles. The second-order valence-electron chi connectivity index (χ2n) is 6.05. The first kappa shape index (κ1) is 18.7. The molecular weight excluding hydrogens is 397 g/mol. The third-order valence-corrected chi connectivity index (χ3v) is 5.56. The van der Waals surface area contributed by atoms with E-state index in [1.807, 2.05) is 0 Å². The van der Waals surface area contributed by atoms with E-state index in [1.165, 1.54) is 23.3 Å². The Balaban J connectivity index is 1.55. The van der Waals surface area contributed by atoms with Crippen molar-refractivity contribution in [1.29, 1.82) is 0 Å². The predicted molar refractivity (Wildman–Crippen MR) is 91.9 cm³/mol. The number of nitrogens with two attached hydrogens (primary N) is 1. The number of aromatic amines is 1. The molecule has 1 aliphatic rings. The third kappa shape index (κ3) is 3.11. The maximum Gasteiger partial charge on any atom is 0.437 e. The van der Waals surface area contributed by atoms with Gasteiger partial charge in [-0.3, -0.25) is 18.9 Å². The van der Waals surface area contributed by atoms with Gasteiger partial charge < -0.3 is 25.6 Å². The van der Waals surface area contributed by atoms with Crippen molar-refractivity contribution < 1.29 is 28.9 Å². The van der Waals surface area contributed by atoms with Gasteiger partial charge in [0.2, 0.25) is 5.95 Å². The molecule has 0 bridgehead atoms. The fourth-order valence-corrected chi connectivity index (χ4v) is 3.76. The number of imidazole rings is 2. The predicted octanol–water partition coefficient (Wildman–Crippen LogP) is -1.82. The average molecular weight is 413 g/mol. The Bertz CT molecular complexity index is 1100. The van der Waals surface area contributed by atoms with E-state index in [4.69, 9.17) is 15.0 Å². The molecule has 0 aliphatic carbocycles. The number of H-pyrrole nitrogens is 1. The van der Waals surface area contributed by atoms with Gasteiger partial charge in [0, 0.05) is 12.4 Å². The summed E-state index contributed by atoms with van der Waals surface area (Å²) in [5, 5.41) is 20.6. The Labute approximate surface area is 155 Å². The zero-order valence-electron chi connectivity index (χ0n) is 14.1. The summed E-state index contributed by atoms with van der Waals surface area (Å²) in [6.45, 7) is -0.497. The van der Waals surface area contributed by atoms with Crippen LogP contribution in [0.5, 0.6) is 0 Å². The van der Waals surface area contributed by atoms with Gasteiger partial charge in [-0.05, 0) is 0 Å². The number of nitrogens with one attached hydrogen (secondary N) is 1. The highest BCUT2D eigenvalue weighted by atomic mass is 31.2. The van der Waals surface area contributed by atoms with Gasteiger partial charge >= 0.3 is 7.75 Å². The van der Waals surface area contributed by atoms with Crippen LogP contribution in [-0.2, 0) is 13.8 Å². The lowest BCUT2D eigenvalue weighted by Crippen LogP contribution is -2.33. The molecule has 0 aromatic carbocycles. The van der Waals surface area contributed by atoms with Crippen LogP contribution in [0.2, 0.25) is 0 Å². The van der Waals surface area contributed by atoms with Gasteiger partial charge in [-0.1, -0.05) is 0 Å². The SMILES string of the molecule is Nc1nc2c(ncn2[C@@H]2O[C@H](COP(=O)(O)n3ccnc3)C(O)[C@@H]2O)c(=O)[nH]1. The van der Waals surface area contributed by atoms with Gasteiger partial charge in [0.05, 0.1) is 12.9 Å². The number of fused-ring (bicyclic) bond motifs is 1. The van der Waals surface area contributed by atoms with E-state index in [9.17, 15) is 24.5 Å². The summed E-state index contributed by atoms with van der Waals surface area (Å²) in [6.07, 6.45) is -0.333. The van der Waals surface area contributed by atoms with Gasteiger partial charge in [-0.2, -0.15) is 4.98 Å². The lowest BCUT2D eigenvalue weighted by molar-refractivity contribution is -0.0487. The van der Waals surface area contributed by atoms with Crippen LogP contribution < -0.4 is 11.3 Å². The number of aromatic nitrogens is 6. The Hall–Kier alpha value is -2.61. The second kappa shape index (κ2) is 6.77. The maximum atomic E-state index is 12.2. The van der Waals surface area contributed by atoms with E-state index in [2.05, 4.69) is 19.9 Å². The van der Waals surface area contributed by atoms with E-state index in [-0.39, 0.29) is 17.1 Å². The first-order chi connectivity index (χ1) is 13.3. The van der Waals surface area contributed by atoms with Crippen LogP contribution in [0, 0.1) is 0 Å². The molecule has 3 aromatic rings. The lowest BCUT2D eigenvalue weighted by atomic mass is 10.1. The largest absolute Gasteiger partial charge is 0.437 e. The van der Waals surface area contributed by atoms with Crippen LogP contribution in [0.3, 0.4) is 0 Å². The van der Waals surface area contributed by atoms with Crippen LogP contribution in [0.4, 0.5) is 5.95 Å². The molecule has 6 N–H and O–H groups in total. The van der Waals surface area contributed by atoms with Gasteiger partial charge in [-0.15, -0.1) is 0 Å². The van der Waals surface area contributed by atoms with Crippen LogP contribution in [0.15, 0.2) is 29.8 Å². The Morgan fingerprint density at radius 1 is 1.36 bits per heavy atom. The van der Waals surface area contributed by atoms with E-state index >= 15 is 0 Å². The minimum absolute atomic E-state index is 0.0286. The zero-order chi connectivity index (χ0) is 20.1. The minimum atomic E-state index is -4.24. The number of ether oxygens (including phenoxy) is 1. The Kier molecular flexibility index (Phi) is 4.53. The summed E-state index contributed by atoms with van der Waals surface area (Å²) in [6, 6.07) is 0. The fraction of sp³-hybridized carbons (Fsp3) is 0.385. The van der Waals surface area contributed by atoms with Crippen molar-refractivity contribution in [1.82, 2.24) is 28.8 Å². The van der Waals surface area contributed by atoms with Crippen LogP contribution in [0.25, 0.3) is 11.2 Å². The molecule has 0 amide bonds. The van der Waals surface area contributed by atoms with Crippen molar-refractivity contribution >= 4 is 24.9 Å². The normalized spacial score (nSPS) is 27.2. The summed E-state index contributed by atoms with van der Waals surface area (Å²) in [5.41, 5.74) is 4.98. The quantitative estimate of drug-likeness (QED) is 0.295. The molecule has 1 fully saturated rings. The lowest BCUT2D eigenvalue weighted by Gasteiger charge is -2.18. The van der Waals surface area contributed by atoms with Gasteiger partial charge in [-0.25, -0.2) is 18.9 Å². The van der Waals surface area contributed by atoms with Crippen molar-refractivity contribution in [2.24, 2.45) is 0 Å². The number of anilines is 1. The van der Waals surface area contributed by atoms with Crippen molar-refractivity contribution in [2.45, 2.75) is 24.5 Å². The molecular formula is C13H16N7O7P. The molecule has 4 rings (SSSR count). The van der Waals surface area contributed by atoms with E-state index in [0.29, 0.717) is 0 Å². The summed E-state index contributed by atoms with van der Waals surface area (Å²) in [5.74, 6) is -0.159. The number of aliphatic hydroxyl groups is 2. The monoisotopic (exact) mass is 413 g/mol. The molecule has 2 unspecified atom stereocenters. The third-order valence-electron chi connectivity index (χ3n) is 4.25. The van der Waals surface area contributed by atoms with Gasteiger partial charge in [0.1, 0.15) is 24.6 Å². The van der Waals surface area contributed by atoms with E-state index in [1.54, 1.807) is 0 Å². The van der Waals surface area contributed by atoms with Crippen molar-refractivity contribution in [3.05, 3.63) is 35.4 Å². The van der Waals surface area contributed by atoms with E-state index < -0.39 is 44.5 Å². The summed E-state index contributed by atoms with van der Waals surface area (Å²) in [4.78, 5) is 35.6. The minimum Gasteiger partial charge on any atom is -0.387 e. The highest BCUT2D eigenvalue weighted by molar-refractivity contribution is 7.51. The van der Waals surface area contributed by atoms with E-state index in [0.717, 1.165) is 10.7 Å². The molecule has 0 saturated carbocycles. The first-order valence-corrected chi connectivity index (χ1v) is 9.51. The number of rotatable bonds is 5. The van der Waals surface area contributed by atoms with Crippen molar-refractivity contribution in [3.63, 3.8) is 0 Å². The molecule has 14 nitrogen and oxygen atoms in total. The first-order valence-electron chi connectivity index (χ1n) is 7.98. The number of aliphatic hydroxyl groups excluding tert-OH is 2. The summed E-state index contributed by atoms with van der Waals surface area (Å²) in [7, 11) is -4.24. The van der Waals surface area contributed by atoms with Gasteiger partial charge in [0.15, 0.2) is 17.4 Å².